The van der Waals surface area contributed by atoms with E-state index in [0.29, 0.717) is 44.4 Å². The summed E-state index contributed by atoms with van der Waals surface area (Å²) in [6.45, 7) is 5.37. The summed E-state index contributed by atoms with van der Waals surface area (Å²) in [6.07, 6.45) is -0.172. The summed E-state index contributed by atoms with van der Waals surface area (Å²) in [6, 6.07) is 18.9. The third kappa shape index (κ3) is 6.20. The van der Waals surface area contributed by atoms with Crippen molar-refractivity contribution in [2.75, 3.05) is 32.7 Å². The standard InChI is InChI=1S/C27H27ClF2N2O2/c1-19-3-2-4-20(15-19)18-34-26(21-5-7-22(28)8-6-21)17-31-11-13-32(14-12-31)27(33)24-10-9-23(29)16-25(24)30/h2-10,15-16,26H,11-14,17-18H2,1H3/t26-/m1/s1. The van der Waals surface area contributed by atoms with E-state index in [0.717, 1.165) is 23.3 Å². The van der Waals surface area contributed by atoms with Gasteiger partial charge < -0.3 is 9.64 Å². The van der Waals surface area contributed by atoms with E-state index >= 15 is 0 Å². The molecule has 1 amide bonds. The van der Waals surface area contributed by atoms with Crippen molar-refractivity contribution in [1.82, 2.24) is 9.80 Å². The number of amides is 1. The van der Waals surface area contributed by atoms with Crippen molar-refractivity contribution in [3.8, 4) is 0 Å². The highest BCUT2D eigenvalue weighted by Gasteiger charge is 2.26. The Morgan fingerprint density at radius 1 is 1.00 bits per heavy atom. The Bertz CT molecular complexity index is 1130. The number of piperazine rings is 1. The molecule has 178 valence electrons. The molecule has 34 heavy (non-hydrogen) atoms. The monoisotopic (exact) mass is 484 g/mol. The summed E-state index contributed by atoms with van der Waals surface area (Å²) in [4.78, 5) is 16.6. The number of hydrogen-bond donors (Lipinski definition) is 0. The number of ether oxygens (including phenoxy) is 1. The predicted molar refractivity (Wildman–Crippen MR) is 129 cm³/mol. The molecule has 0 spiro atoms. The van der Waals surface area contributed by atoms with Crippen molar-refractivity contribution in [3.05, 3.63) is 106 Å². The Morgan fingerprint density at radius 3 is 2.41 bits per heavy atom. The average molecular weight is 485 g/mol. The smallest absolute Gasteiger partial charge is 0.256 e. The zero-order valence-corrected chi connectivity index (χ0v) is 19.8. The molecule has 1 aliphatic rings. The van der Waals surface area contributed by atoms with Crippen molar-refractivity contribution in [2.45, 2.75) is 19.6 Å². The summed E-state index contributed by atoms with van der Waals surface area (Å²) in [5.41, 5.74) is 3.22. The quantitative estimate of drug-likeness (QED) is 0.435. The molecule has 3 aromatic carbocycles. The first-order chi connectivity index (χ1) is 16.4. The number of rotatable bonds is 7. The summed E-state index contributed by atoms with van der Waals surface area (Å²) in [5, 5.41) is 0.668. The Morgan fingerprint density at radius 2 is 1.74 bits per heavy atom. The van der Waals surface area contributed by atoms with E-state index in [2.05, 4.69) is 24.0 Å². The molecule has 4 rings (SSSR count). The van der Waals surface area contributed by atoms with Gasteiger partial charge in [-0.1, -0.05) is 53.6 Å². The van der Waals surface area contributed by atoms with Crippen LogP contribution in [-0.2, 0) is 11.3 Å². The van der Waals surface area contributed by atoms with E-state index in [1.807, 2.05) is 36.4 Å². The Hall–Kier alpha value is -2.80. The van der Waals surface area contributed by atoms with Gasteiger partial charge in [-0.25, -0.2) is 8.78 Å². The minimum absolute atomic E-state index is 0.102. The third-order valence-electron chi connectivity index (χ3n) is 6.02. The Balaban J connectivity index is 1.39. The van der Waals surface area contributed by atoms with E-state index < -0.39 is 17.5 Å². The molecule has 1 atom stereocenters. The topological polar surface area (TPSA) is 32.8 Å². The second kappa shape index (κ2) is 11.1. The minimum Gasteiger partial charge on any atom is -0.368 e. The van der Waals surface area contributed by atoms with Crippen molar-refractivity contribution in [1.29, 1.82) is 0 Å². The highest BCUT2D eigenvalue weighted by atomic mass is 35.5. The van der Waals surface area contributed by atoms with Gasteiger partial charge in [0.15, 0.2) is 0 Å². The molecule has 1 aliphatic heterocycles. The molecular formula is C27H27ClF2N2O2. The van der Waals surface area contributed by atoms with Crippen LogP contribution in [0, 0.1) is 18.6 Å². The van der Waals surface area contributed by atoms with Crippen molar-refractivity contribution < 1.29 is 18.3 Å². The number of benzene rings is 3. The van der Waals surface area contributed by atoms with Crippen LogP contribution >= 0.6 is 11.6 Å². The summed E-state index contributed by atoms with van der Waals surface area (Å²) >= 11 is 6.08. The van der Waals surface area contributed by atoms with E-state index in [4.69, 9.17) is 16.3 Å². The summed E-state index contributed by atoms with van der Waals surface area (Å²) < 4.78 is 33.6. The molecule has 0 unspecified atom stereocenters. The van der Waals surface area contributed by atoms with Gasteiger partial charge in [0.25, 0.3) is 5.91 Å². The van der Waals surface area contributed by atoms with Crippen LogP contribution in [0.4, 0.5) is 8.78 Å². The van der Waals surface area contributed by atoms with Gasteiger partial charge in [0.1, 0.15) is 11.6 Å². The fourth-order valence-corrected chi connectivity index (χ4v) is 4.26. The first-order valence-electron chi connectivity index (χ1n) is 11.3. The number of carbonyl (C=O) groups is 1. The van der Waals surface area contributed by atoms with Crippen LogP contribution in [0.3, 0.4) is 0 Å². The van der Waals surface area contributed by atoms with Crippen LogP contribution in [0.5, 0.6) is 0 Å². The van der Waals surface area contributed by atoms with Crippen LogP contribution in [0.15, 0.2) is 66.7 Å². The van der Waals surface area contributed by atoms with Gasteiger partial charge in [-0.3, -0.25) is 9.69 Å². The van der Waals surface area contributed by atoms with Gasteiger partial charge >= 0.3 is 0 Å². The second-order valence-corrected chi connectivity index (χ2v) is 8.99. The zero-order chi connectivity index (χ0) is 24.1. The Kier molecular flexibility index (Phi) is 7.93. The highest BCUT2D eigenvalue weighted by molar-refractivity contribution is 6.30. The Labute approximate surface area is 203 Å². The molecule has 1 fully saturated rings. The number of nitrogens with zero attached hydrogens (tertiary/aromatic N) is 2. The van der Waals surface area contributed by atoms with E-state index in [9.17, 15) is 13.6 Å². The van der Waals surface area contributed by atoms with Gasteiger partial charge in [-0.05, 0) is 42.3 Å². The lowest BCUT2D eigenvalue weighted by Crippen LogP contribution is -2.49. The van der Waals surface area contributed by atoms with Crippen LogP contribution < -0.4 is 0 Å². The second-order valence-electron chi connectivity index (χ2n) is 8.56. The summed E-state index contributed by atoms with van der Waals surface area (Å²) in [7, 11) is 0. The van der Waals surface area contributed by atoms with E-state index in [-0.39, 0.29) is 11.7 Å². The first kappa shape index (κ1) is 24.3. The van der Waals surface area contributed by atoms with E-state index in [1.165, 1.54) is 11.6 Å². The molecule has 1 saturated heterocycles. The summed E-state index contributed by atoms with van der Waals surface area (Å²) in [5.74, 6) is -1.94. The molecule has 7 heteroatoms. The van der Waals surface area contributed by atoms with Crippen molar-refractivity contribution in [2.24, 2.45) is 0 Å². The van der Waals surface area contributed by atoms with Gasteiger partial charge in [0.05, 0.1) is 18.3 Å². The van der Waals surface area contributed by atoms with Crippen LogP contribution in [0.2, 0.25) is 5.02 Å². The number of halogens is 3. The lowest BCUT2D eigenvalue weighted by atomic mass is 10.1. The maximum absolute atomic E-state index is 14.0. The molecule has 0 saturated carbocycles. The fraction of sp³-hybridized carbons (Fsp3) is 0.296. The fourth-order valence-electron chi connectivity index (χ4n) is 4.13. The molecule has 0 aliphatic carbocycles. The number of aryl methyl sites for hydroxylation is 1. The van der Waals surface area contributed by atoms with E-state index in [1.54, 1.807) is 4.90 Å². The normalized spacial score (nSPS) is 15.4. The maximum Gasteiger partial charge on any atom is 0.256 e. The predicted octanol–water partition coefficient (Wildman–Crippen LogP) is 5.64. The lowest BCUT2D eigenvalue weighted by molar-refractivity contribution is 0.00337. The molecule has 0 radical (unpaired) electrons. The molecule has 0 N–H and O–H groups in total. The van der Waals surface area contributed by atoms with Crippen molar-refractivity contribution >= 4 is 17.5 Å². The van der Waals surface area contributed by atoms with Crippen LogP contribution in [0.25, 0.3) is 0 Å². The van der Waals surface area contributed by atoms with Gasteiger partial charge in [-0.15, -0.1) is 0 Å². The van der Waals surface area contributed by atoms with Crippen LogP contribution in [-0.4, -0.2) is 48.4 Å². The lowest BCUT2D eigenvalue weighted by Gasteiger charge is -2.36. The molecule has 0 bridgehead atoms. The van der Waals surface area contributed by atoms with Gasteiger partial charge in [0, 0.05) is 43.8 Å². The number of carbonyl (C=O) groups excluding carboxylic acids is 1. The molecule has 3 aromatic rings. The zero-order valence-electron chi connectivity index (χ0n) is 19.0. The largest absolute Gasteiger partial charge is 0.368 e. The number of hydrogen-bond acceptors (Lipinski definition) is 3. The molecular weight excluding hydrogens is 458 g/mol. The van der Waals surface area contributed by atoms with Crippen molar-refractivity contribution in [3.63, 3.8) is 0 Å². The highest BCUT2D eigenvalue weighted by Crippen LogP contribution is 2.24. The van der Waals surface area contributed by atoms with Crippen LogP contribution in [0.1, 0.15) is 33.2 Å². The average Bonchev–Trinajstić information content (AvgIpc) is 2.82. The minimum atomic E-state index is -0.834. The molecule has 0 aromatic heterocycles. The third-order valence-corrected chi connectivity index (χ3v) is 6.27. The maximum atomic E-state index is 14.0. The molecule has 1 heterocycles. The SMILES string of the molecule is Cc1cccc(CO[C@H](CN2CCN(C(=O)c3ccc(F)cc3F)CC2)c2ccc(Cl)cc2)c1. The van der Waals surface area contributed by atoms with Gasteiger partial charge in [0.2, 0.25) is 0 Å². The molecule has 4 nitrogen and oxygen atoms in total. The van der Waals surface area contributed by atoms with Gasteiger partial charge in [-0.2, -0.15) is 0 Å². The first-order valence-corrected chi connectivity index (χ1v) is 11.7.